The number of fused-ring (bicyclic) bond motifs is 1. The van der Waals surface area contributed by atoms with Crippen molar-refractivity contribution in [3.8, 4) is 0 Å². The minimum atomic E-state index is 0.00217. The fourth-order valence-electron chi connectivity index (χ4n) is 3.21. The molecule has 2 aromatic heterocycles. The molecule has 0 bridgehead atoms. The highest BCUT2D eigenvalue weighted by Gasteiger charge is 2.20. The van der Waals surface area contributed by atoms with Crippen LogP contribution >= 0.6 is 11.3 Å². The molecule has 0 saturated carbocycles. The van der Waals surface area contributed by atoms with E-state index in [1.165, 1.54) is 23.3 Å². The second-order valence-electron chi connectivity index (χ2n) is 7.11. The van der Waals surface area contributed by atoms with E-state index in [0.717, 1.165) is 41.5 Å². The van der Waals surface area contributed by atoms with Gasteiger partial charge in [-0.1, -0.05) is 13.8 Å². The third kappa shape index (κ3) is 3.55. The number of aryl methyl sites for hydroxylation is 2. The van der Waals surface area contributed by atoms with Crippen molar-refractivity contribution in [3.05, 3.63) is 16.3 Å². The maximum atomic E-state index is 9.69. The fourth-order valence-corrected chi connectivity index (χ4v) is 4.26. The van der Waals surface area contributed by atoms with E-state index < -0.39 is 0 Å². The smallest absolute Gasteiger partial charge is 0.146 e. The summed E-state index contributed by atoms with van der Waals surface area (Å²) in [7, 11) is 0. The van der Waals surface area contributed by atoms with Gasteiger partial charge in [-0.15, -0.1) is 11.3 Å². The van der Waals surface area contributed by atoms with Crippen LogP contribution in [0, 0.1) is 19.8 Å². The van der Waals surface area contributed by atoms with Gasteiger partial charge in [0.25, 0.3) is 0 Å². The number of aliphatic hydroxyl groups excluding tert-OH is 1. The van der Waals surface area contributed by atoms with Gasteiger partial charge in [0.15, 0.2) is 0 Å². The second kappa shape index (κ2) is 7.33. The number of hydrogen-bond donors (Lipinski definition) is 2. The van der Waals surface area contributed by atoms with Crippen molar-refractivity contribution in [2.24, 2.45) is 5.92 Å². The number of aromatic nitrogens is 2. The first kappa shape index (κ1) is 17.6. The average molecular weight is 349 g/mol. The van der Waals surface area contributed by atoms with Crippen molar-refractivity contribution in [1.82, 2.24) is 14.9 Å². The number of rotatable bonds is 6. The van der Waals surface area contributed by atoms with Crippen molar-refractivity contribution < 1.29 is 5.11 Å². The highest BCUT2D eigenvalue weighted by atomic mass is 32.1. The van der Waals surface area contributed by atoms with E-state index in [2.05, 4.69) is 37.9 Å². The van der Waals surface area contributed by atoms with Crippen LogP contribution in [0.5, 0.6) is 0 Å². The van der Waals surface area contributed by atoms with E-state index in [9.17, 15) is 5.11 Å². The zero-order chi connectivity index (χ0) is 17.3. The van der Waals surface area contributed by atoms with Crippen LogP contribution in [0.2, 0.25) is 0 Å². The molecule has 3 rings (SSSR count). The zero-order valence-electron chi connectivity index (χ0n) is 15.1. The van der Waals surface area contributed by atoms with Crippen LogP contribution < -0.4 is 5.32 Å². The van der Waals surface area contributed by atoms with Crippen LogP contribution in [-0.4, -0.2) is 45.7 Å². The summed E-state index contributed by atoms with van der Waals surface area (Å²) in [6, 6.07) is 0.00217. The van der Waals surface area contributed by atoms with Gasteiger partial charge in [0.2, 0.25) is 0 Å². The Bertz CT molecular complexity index is 707. The van der Waals surface area contributed by atoms with Gasteiger partial charge >= 0.3 is 0 Å². The lowest BCUT2D eigenvalue weighted by Crippen LogP contribution is -2.30. The Balaban J connectivity index is 1.99. The monoisotopic (exact) mass is 348 g/mol. The largest absolute Gasteiger partial charge is 0.394 e. The van der Waals surface area contributed by atoms with Crippen LogP contribution in [0.4, 0.5) is 5.82 Å². The van der Waals surface area contributed by atoms with Crippen molar-refractivity contribution in [2.75, 3.05) is 25.0 Å². The van der Waals surface area contributed by atoms with E-state index >= 15 is 0 Å². The number of likely N-dealkylation sites (tertiary alicyclic amines) is 1. The Morgan fingerprint density at radius 3 is 2.54 bits per heavy atom. The quantitative estimate of drug-likeness (QED) is 0.838. The highest BCUT2D eigenvalue weighted by Crippen LogP contribution is 2.34. The lowest BCUT2D eigenvalue weighted by atomic mass is 10.1. The van der Waals surface area contributed by atoms with Crippen molar-refractivity contribution >= 4 is 27.4 Å². The molecule has 5 nitrogen and oxygen atoms in total. The van der Waals surface area contributed by atoms with Gasteiger partial charge in [-0.2, -0.15) is 0 Å². The molecule has 24 heavy (non-hydrogen) atoms. The van der Waals surface area contributed by atoms with Gasteiger partial charge in [-0.3, -0.25) is 4.90 Å². The molecule has 1 fully saturated rings. The topological polar surface area (TPSA) is 61.3 Å². The highest BCUT2D eigenvalue weighted by molar-refractivity contribution is 7.18. The van der Waals surface area contributed by atoms with Gasteiger partial charge in [0.1, 0.15) is 16.5 Å². The van der Waals surface area contributed by atoms with E-state index in [1.807, 2.05) is 0 Å². The molecule has 0 spiro atoms. The van der Waals surface area contributed by atoms with Gasteiger partial charge in [-0.05, 0) is 51.3 Å². The summed E-state index contributed by atoms with van der Waals surface area (Å²) >= 11 is 1.74. The third-order valence-corrected chi connectivity index (χ3v) is 6.06. The molecule has 0 amide bonds. The molecule has 1 atom stereocenters. The SMILES string of the molecule is Cc1sc2nc(CN3CCCC3)nc(N[C@H](CO)C(C)C)c2c1C. The van der Waals surface area contributed by atoms with E-state index in [4.69, 9.17) is 9.97 Å². The van der Waals surface area contributed by atoms with Crippen LogP contribution in [0.15, 0.2) is 0 Å². The third-order valence-electron chi connectivity index (χ3n) is 4.96. The molecule has 6 heteroatoms. The summed E-state index contributed by atoms with van der Waals surface area (Å²) in [4.78, 5) is 14.4. The standard InChI is InChI=1S/C18H28N4OS/c1-11(2)14(10-23)19-17-16-12(3)13(4)24-18(16)21-15(20-17)9-22-7-5-6-8-22/h11,14,23H,5-10H2,1-4H3,(H,19,20,21)/t14-/m1/s1. The number of hydrogen-bond acceptors (Lipinski definition) is 6. The minimum absolute atomic E-state index is 0.00217. The van der Waals surface area contributed by atoms with Crippen molar-refractivity contribution in [1.29, 1.82) is 0 Å². The summed E-state index contributed by atoms with van der Waals surface area (Å²) < 4.78 is 0. The molecule has 0 aliphatic carbocycles. The van der Waals surface area contributed by atoms with Crippen molar-refractivity contribution in [2.45, 2.75) is 53.1 Å². The average Bonchev–Trinajstić information content (AvgIpc) is 3.13. The first-order valence-corrected chi connectivity index (χ1v) is 9.67. The molecule has 0 radical (unpaired) electrons. The summed E-state index contributed by atoms with van der Waals surface area (Å²) in [6.07, 6.45) is 2.54. The predicted molar refractivity (Wildman–Crippen MR) is 101 cm³/mol. The Labute approximate surface area is 148 Å². The molecule has 0 unspecified atom stereocenters. The summed E-state index contributed by atoms with van der Waals surface area (Å²) in [5.41, 5.74) is 1.24. The lowest BCUT2D eigenvalue weighted by Gasteiger charge is -2.22. The molecule has 1 aliphatic rings. The maximum absolute atomic E-state index is 9.69. The summed E-state index contributed by atoms with van der Waals surface area (Å²) in [5.74, 6) is 2.10. The summed E-state index contributed by atoms with van der Waals surface area (Å²) in [6.45, 7) is 11.7. The Morgan fingerprint density at radius 2 is 1.92 bits per heavy atom. The fraction of sp³-hybridized carbons (Fsp3) is 0.667. The maximum Gasteiger partial charge on any atom is 0.146 e. The number of aliphatic hydroxyl groups is 1. The lowest BCUT2D eigenvalue weighted by molar-refractivity contribution is 0.249. The minimum Gasteiger partial charge on any atom is -0.394 e. The predicted octanol–water partition coefficient (Wildman–Crippen LogP) is 3.33. The normalized spacial score (nSPS) is 17.1. The molecule has 1 saturated heterocycles. The molecule has 1 aliphatic heterocycles. The van der Waals surface area contributed by atoms with Crippen molar-refractivity contribution in [3.63, 3.8) is 0 Å². The van der Waals surface area contributed by atoms with Gasteiger partial charge in [0.05, 0.1) is 24.6 Å². The van der Waals surface area contributed by atoms with Crippen LogP contribution in [0.3, 0.4) is 0 Å². The summed E-state index contributed by atoms with van der Waals surface area (Å²) in [5, 5.41) is 14.3. The molecule has 3 heterocycles. The Hall–Kier alpha value is -1.24. The van der Waals surface area contributed by atoms with E-state index in [0.29, 0.717) is 5.92 Å². The zero-order valence-corrected chi connectivity index (χ0v) is 15.9. The number of anilines is 1. The van der Waals surface area contributed by atoms with Gasteiger partial charge < -0.3 is 10.4 Å². The van der Waals surface area contributed by atoms with Crippen LogP contribution in [-0.2, 0) is 6.54 Å². The Morgan fingerprint density at radius 1 is 1.21 bits per heavy atom. The first-order valence-electron chi connectivity index (χ1n) is 8.86. The first-order chi connectivity index (χ1) is 11.5. The van der Waals surface area contributed by atoms with E-state index in [1.54, 1.807) is 11.3 Å². The van der Waals surface area contributed by atoms with Crippen LogP contribution in [0.1, 0.15) is 43.0 Å². The van der Waals surface area contributed by atoms with Crippen LogP contribution in [0.25, 0.3) is 10.2 Å². The molecule has 2 aromatic rings. The Kier molecular flexibility index (Phi) is 5.37. The molecular weight excluding hydrogens is 320 g/mol. The second-order valence-corrected chi connectivity index (χ2v) is 8.32. The number of nitrogens with one attached hydrogen (secondary N) is 1. The molecule has 132 valence electrons. The number of thiophene rings is 1. The van der Waals surface area contributed by atoms with Gasteiger partial charge in [-0.25, -0.2) is 9.97 Å². The number of nitrogens with zero attached hydrogens (tertiary/aromatic N) is 3. The molecular formula is C18H28N4OS. The molecule has 0 aromatic carbocycles. The van der Waals surface area contributed by atoms with E-state index in [-0.39, 0.29) is 12.6 Å². The molecule has 2 N–H and O–H groups in total. The van der Waals surface area contributed by atoms with Gasteiger partial charge in [0, 0.05) is 4.88 Å².